The van der Waals surface area contributed by atoms with E-state index in [1.165, 1.54) is 4.90 Å². The van der Waals surface area contributed by atoms with Crippen molar-refractivity contribution in [1.29, 1.82) is 5.41 Å². The minimum Gasteiger partial charge on any atom is -0.394 e. The number of rotatable bonds is 3. The van der Waals surface area contributed by atoms with Crippen molar-refractivity contribution in [2.45, 2.75) is 26.2 Å². The van der Waals surface area contributed by atoms with Crippen molar-refractivity contribution >= 4 is 17.4 Å². The van der Waals surface area contributed by atoms with E-state index in [0.717, 1.165) is 28.1 Å². The minimum absolute atomic E-state index is 0.0903. The summed E-state index contributed by atoms with van der Waals surface area (Å²) >= 11 is 0. The van der Waals surface area contributed by atoms with Gasteiger partial charge in [-0.25, -0.2) is 0 Å². The number of fused-ring (bicyclic) bond motifs is 1. The predicted molar refractivity (Wildman–Crippen MR) is 101 cm³/mol. The first-order valence-electron chi connectivity index (χ1n) is 8.20. The quantitative estimate of drug-likeness (QED) is 0.668. The molecule has 0 radical (unpaired) electrons. The van der Waals surface area contributed by atoms with Crippen LogP contribution < -0.4 is 10.2 Å². The van der Waals surface area contributed by atoms with Crippen molar-refractivity contribution in [2.24, 2.45) is 0 Å². The molecule has 0 atom stereocenters. The summed E-state index contributed by atoms with van der Waals surface area (Å²) in [6.45, 7) is 5.75. The Morgan fingerprint density at radius 2 is 1.96 bits per heavy atom. The van der Waals surface area contributed by atoms with Crippen LogP contribution in [0.2, 0.25) is 0 Å². The van der Waals surface area contributed by atoms with E-state index in [1.807, 2.05) is 57.3 Å². The summed E-state index contributed by atoms with van der Waals surface area (Å²) in [7, 11) is 1.76. The molecular formula is C20H22N4O. The molecule has 0 fully saturated rings. The Morgan fingerprint density at radius 3 is 2.60 bits per heavy atom. The van der Waals surface area contributed by atoms with Gasteiger partial charge in [0.2, 0.25) is 5.91 Å². The summed E-state index contributed by atoms with van der Waals surface area (Å²) in [4.78, 5) is 18.7. The number of amidine groups is 1. The van der Waals surface area contributed by atoms with Gasteiger partial charge in [0.1, 0.15) is 5.84 Å². The molecule has 2 heterocycles. The summed E-state index contributed by atoms with van der Waals surface area (Å²) in [5.74, 6) is 0.0535. The molecule has 0 aliphatic carbocycles. The van der Waals surface area contributed by atoms with Crippen molar-refractivity contribution in [3.05, 3.63) is 60.1 Å². The van der Waals surface area contributed by atoms with E-state index >= 15 is 0 Å². The molecule has 1 aromatic carbocycles. The van der Waals surface area contributed by atoms with E-state index in [9.17, 15) is 4.79 Å². The molecule has 0 bridgehead atoms. The van der Waals surface area contributed by atoms with Gasteiger partial charge in [0.05, 0.1) is 11.1 Å². The molecule has 1 aromatic heterocycles. The number of anilines is 1. The lowest BCUT2D eigenvalue weighted by Gasteiger charge is -2.19. The zero-order valence-corrected chi connectivity index (χ0v) is 14.9. The summed E-state index contributed by atoms with van der Waals surface area (Å²) in [6.07, 6.45) is 5.06. The van der Waals surface area contributed by atoms with Crippen molar-refractivity contribution in [3.63, 3.8) is 0 Å². The van der Waals surface area contributed by atoms with E-state index in [4.69, 9.17) is 5.41 Å². The van der Waals surface area contributed by atoms with Gasteiger partial charge in [-0.15, -0.1) is 0 Å². The van der Waals surface area contributed by atoms with E-state index < -0.39 is 5.41 Å². The van der Waals surface area contributed by atoms with Gasteiger partial charge < -0.3 is 5.32 Å². The number of pyridine rings is 1. The molecule has 3 rings (SSSR count). The summed E-state index contributed by atoms with van der Waals surface area (Å²) < 4.78 is 0. The van der Waals surface area contributed by atoms with Crippen LogP contribution >= 0.6 is 0 Å². The third-order valence-corrected chi connectivity index (χ3v) is 4.54. The van der Waals surface area contributed by atoms with Crippen LogP contribution in [-0.2, 0) is 10.2 Å². The van der Waals surface area contributed by atoms with Gasteiger partial charge in [-0.3, -0.25) is 20.1 Å². The molecule has 0 saturated carbocycles. The number of hydrogen-bond donors (Lipinski definition) is 2. The fraction of sp³-hybridized carbons (Fsp3) is 0.250. The Labute approximate surface area is 147 Å². The fourth-order valence-electron chi connectivity index (χ4n) is 3.04. The maximum Gasteiger partial charge on any atom is 0.242 e. The predicted octanol–water partition coefficient (Wildman–Crippen LogP) is 3.39. The SMILES string of the molecule is CN/C=C\C(=N)N1C(=O)C(C)(C)c2ccc(-c3ccc(C)nc3)cc21. The van der Waals surface area contributed by atoms with Crippen LogP contribution in [0.4, 0.5) is 5.69 Å². The van der Waals surface area contributed by atoms with Crippen LogP contribution in [0.5, 0.6) is 0 Å². The van der Waals surface area contributed by atoms with Gasteiger partial charge in [0.25, 0.3) is 0 Å². The Balaban J connectivity index is 2.11. The van der Waals surface area contributed by atoms with Crippen molar-refractivity contribution in [1.82, 2.24) is 10.3 Å². The van der Waals surface area contributed by atoms with Crippen LogP contribution in [0, 0.1) is 12.3 Å². The maximum absolute atomic E-state index is 12.9. The lowest BCUT2D eigenvalue weighted by molar-refractivity contribution is -0.121. The highest BCUT2D eigenvalue weighted by molar-refractivity contribution is 6.26. The molecule has 1 aliphatic rings. The average Bonchev–Trinajstić information content (AvgIpc) is 2.79. The number of amides is 1. The second-order valence-corrected chi connectivity index (χ2v) is 6.69. The highest BCUT2D eigenvalue weighted by Gasteiger charge is 2.45. The Morgan fingerprint density at radius 1 is 1.24 bits per heavy atom. The van der Waals surface area contributed by atoms with Gasteiger partial charge >= 0.3 is 0 Å². The zero-order valence-electron chi connectivity index (χ0n) is 14.9. The number of aromatic nitrogens is 1. The Hall–Kier alpha value is -2.95. The minimum atomic E-state index is -0.654. The van der Waals surface area contributed by atoms with Crippen LogP contribution in [0.15, 0.2) is 48.8 Å². The molecule has 25 heavy (non-hydrogen) atoms. The number of hydrogen-bond acceptors (Lipinski definition) is 4. The molecule has 5 nitrogen and oxygen atoms in total. The number of carbonyl (C=O) groups excluding carboxylic acids is 1. The van der Waals surface area contributed by atoms with E-state index in [-0.39, 0.29) is 11.7 Å². The van der Waals surface area contributed by atoms with Gasteiger partial charge in [-0.1, -0.05) is 18.2 Å². The molecule has 2 N–H and O–H groups in total. The van der Waals surface area contributed by atoms with Gasteiger partial charge in [0, 0.05) is 24.5 Å². The van der Waals surface area contributed by atoms with Crippen molar-refractivity contribution in [3.8, 4) is 11.1 Å². The van der Waals surface area contributed by atoms with Crippen LogP contribution in [0.3, 0.4) is 0 Å². The lowest BCUT2D eigenvalue weighted by Crippen LogP contribution is -2.39. The second kappa shape index (κ2) is 6.16. The standard InChI is InChI=1S/C20H22N4O/c1-13-5-6-15(12-23-13)14-7-8-16-17(11-14)24(18(21)9-10-22-4)19(25)20(16,2)3/h5-12,21-22H,1-4H3/b10-9-,21-18?. The fourth-order valence-corrected chi connectivity index (χ4v) is 3.04. The maximum atomic E-state index is 12.9. The monoisotopic (exact) mass is 334 g/mol. The first-order valence-corrected chi connectivity index (χ1v) is 8.20. The van der Waals surface area contributed by atoms with E-state index in [1.54, 1.807) is 19.3 Å². The van der Waals surface area contributed by atoms with Crippen molar-refractivity contribution in [2.75, 3.05) is 11.9 Å². The second-order valence-electron chi connectivity index (χ2n) is 6.69. The number of nitrogens with one attached hydrogen (secondary N) is 2. The first-order chi connectivity index (χ1) is 11.9. The zero-order chi connectivity index (χ0) is 18.2. The molecule has 1 aliphatic heterocycles. The number of benzene rings is 1. The lowest BCUT2D eigenvalue weighted by atomic mass is 9.85. The summed E-state index contributed by atoms with van der Waals surface area (Å²) in [6, 6.07) is 9.94. The molecule has 0 spiro atoms. The topological polar surface area (TPSA) is 69.1 Å². The number of carbonyl (C=O) groups is 1. The van der Waals surface area contributed by atoms with Gasteiger partial charge in [-0.05, 0) is 56.3 Å². The third-order valence-electron chi connectivity index (χ3n) is 4.54. The van der Waals surface area contributed by atoms with E-state index in [0.29, 0.717) is 0 Å². The Kier molecular flexibility index (Phi) is 4.17. The van der Waals surface area contributed by atoms with Gasteiger partial charge in [0.15, 0.2) is 0 Å². The number of aryl methyl sites for hydroxylation is 1. The third kappa shape index (κ3) is 2.82. The van der Waals surface area contributed by atoms with Crippen molar-refractivity contribution < 1.29 is 4.79 Å². The molecule has 128 valence electrons. The number of nitrogens with zero attached hydrogens (tertiary/aromatic N) is 2. The highest BCUT2D eigenvalue weighted by Crippen LogP contribution is 2.43. The van der Waals surface area contributed by atoms with Gasteiger partial charge in [-0.2, -0.15) is 0 Å². The molecule has 0 saturated heterocycles. The summed E-state index contributed by atoms with van der Waals surface area (Å²) in [5.41, 5.74) is 3.97. The van der Waals surface area contributed by atoms with Crippen LogP contribution in [-0.4, -0.2) is 23.8 Å². The van der Waals surface area contributed by atoms with Crippen LogP contribution in [0.1, 0.15) is 25.1 Å². The molecule has 5 heteroatoms. The van der Waals surface area contributed by atoms with Crippen LogP contribution in [0.25, 0.3) is 11.1 Å². The average molecular weight is 334 g/mol. The molecular weight excluding hydrogens is 312 g/mol. The molecule has 2 aromatic rings. The normalized spacial score (nSPS) is 15.5. The Bertz CT molecular complexity index is 866. The highest BCUT2D eigenvalue weighted by atomic mass is 16.2. The molecule has 0 unspecified atom stereocenters. The van der Waals surface area contributed by atoms with E-state index in [2.05, 4.69) is 10.3 Å². The summed E-state index contributed by atoms with van der Waals surface area (Å²) in [5, 5.41) is 11.2. The molecule has 1 amide bonds. The smallest absolute Gasteiger partial charge is 0.242 e. The first kappa shape index (κ1) is 16.9. The largest absolute Gasteiger partial charge is 0.394 e.